The van der Waals surface area contributed by atoms with Crippen LogP contribution in [-0.4, -0.2) is 9.97 Å². The zero-order valence-corrected chi connectivity index (χ0v) is 5.72. The Morgan fingerprint density at radius 3 is 2.73 bits per heavy atom. The Morgan fingerprint density at radius 1 is 1.18 bits per heavy atom. The maximum Gasteiger partial charge on any atom is 0.323 e. The molecule has 0 saturated carbocycles. The zero-order valence-electron chi connectivity index (χ0n) is 5.72. The first-order valence-corrected chi connectivity index (χ1v) is 3.23. The fourth-order valence-electron chi connectivity index (χ4n) is 1.05. The molecule has 0 unspecified atom stereocenters. The molecule has 0 aliphatic heterocycles. The smallest absolute Gasteiger partial charge is 0.306 e. The van der Waals surface area contributed by atoms with Gasteiger partial charge in [-0.25, -0.2) is 4.79 Å². The average molecular weight is 146 g/mol. The number of fused-ring (bicyclic) bond motifs is 1. The van der Waals surface area contributed by atoms with Crippen molar-refractivity contribution < 1.29 is 0 Å². The SMILES string of the molecule is [CH]c1ccc2[nH]c(=O)[nH]c2c1. The number of aromatic amines is 2. The maximum absolute atomic E-state index is 10.7. The summed E-state index contributed by atoms with van der Waals surface area (Å²) in [4.78, 5) is 16.0. The van der Waals surface area contributed by atoms with Crippen LogP contribution in [0.1, 0.15) is 5.56 Å². The number of imidazole rings is 1. The van der Waals surface area contributed by atoms with Gasteiger partial charge in [0.05, 0.1) is 11.0 Å². The highest BCUT2D eigenvalue weighted by Gasteiger charge is 1.95. The van der Waals surface area contributed by atoms with E-state index in [2.05, 4.69) is 9.97 Å². The Balaban J connectivity index is 2.92. The third-order valence-corrected chi connectivity index (χ3v) is 1.54. The highest BCUT2D eigenvalue weighted by atomic mass is 16.1. The number of H-pyrrole nitrogens is 2. The van der Waals surface area contributed by atoms with Crippen molar-refractivity contribution in [2.75, 3.05) is 0 Å². The summed E-state index contributed by atoms with van der Waals surface area (Å²) in [6.07, 6.45) is 0. The first kappa shape index (κ1) is 6.22. The zero-order chi connectivity index (χ0) is 7.84. The van der Waals surface area contributed by atoms with Crippen LogP contribution in [-0.2, 0) is 0 Å². The first-order valence-electron chi connectivity index (χ1n) is 3.23. The lowest BCUT2D eigenvalue weighted by Crippen LogP contribution is -1.99. The third-order valence-electron chi connectivity index (χ3n) is 1.54. The molecular weight excluding hydrogens is 140 g/mol. The molecule has 1 heterocycles. The molecule has 2 N–H and O–H groups in total. The molecule has 0 aliphatic carbocycles. The highest BCUT2D eigenvalue weighted by Crippen LogP contribution is 2.08. The van der Waals surface area contributed by atoms with Gasteiger partial charge in [-0.3, -0.25) is 0 Å². The molecule has 0 atom stereocenters. The summed E-state index contributed by atoms with van der Waals surface area (Å²) in [5.41, 5.74) is 1.97. The van der Waals surface area contributed by atoms with Crippen molar-refractivity contribution >= 4 is 11.0 Å². The van der Waals surface area contributed by atoms with Crippen LogP contribution in [0.2, 0.25) is 0 Å². The molecule has 3 nitrogen and oxygen atoms in total. The second-order valence-electron chi connectivity index (χ2n) is 2.38. The lowest BCUT2D eigenvalue weighted by Gasteiger charge is -1.89. The minimum absolute atomic E-state index is 0.203. The molecule has 0 saturated heterocycles. The maximum atomic E-state index is 10.7. The lowest BCUT2D eigenvalue weighted by atomic mass is 10.2. The predicted molar refractivity (Wildman–Crippen MR) is 42.3 cm³/mol. The predicted octanol–water partition coefficient (Wildman–Crippen LogP) is 0.915. The van der Waals surface area contributed by atoms with Gasteiger partial charge in [-0.05, 0) is 24.6 Å². The number of aromatic nitrogens is 2. The van der Waals surface area contributed by atoms with E-state index in [1.165, 1.54) is 0 Å². The molecule has 2 aromatic rings. The molecule has 1 aromatic carbocycles. The van der Waals surface area contributed by atoms with Crippen molar-refractivity contribution in [3.8, 4) is 0 Å². The second kappa shape index (κ2) is 1.99. The number of nitrogens with one attached hydrogen (secondary N) is 2. The monoisotopic (exact) mass is 146 g/mol. The largest absolute Gasteiger partial charge is 0.323 e. The normalized spacial score (nSPS) is 10.6. The summed E-state index contributed by atoms with van der Waals surface area (Å²) in [6.45, 7) is 5.50. The fourth-order valence-corrected chi connectivity index (χ4v) is 1.05. The number of hydrogen-bond donors (Lipinski definition) is 2. The highest BCUT2D eigenvalue weighted by molar-refractivity contribution is 5.75. The Hall–Kier alpha value is -1.51. The number of benzene rings is 1. The van der Waals surface area contributed by atoms with Gasteiger partial charge in [-0.1, -0.05) is 6.07 Å². The van der Waals surface area contributed by atoms with Crippen LogP contribution in [0.3, 0.4) is 0 Å². The molecule has 0 amide bonds. The van der Waals surface area contributed by atoms with Crippen molar-refractivity contribution in [1.29, 1.82) is 0 Å². The number of hydrogen-bond acceptors (Lipinski definition) is 1. The van der Waals surface area contributed by atoms with E-state index in [0.717, 1.165) is 11.0 Å². The molecule has 54 valence electrons. The van der Waals surface area contributed by atoms with Crippen LogP contribution in [0, 0.1) is 6.92 Å². The van der Waals surface area contributed by atoms with Crippen molar-refractivity contribution in [3.05, 3.63) is 41.2 Å². The fraction of sp³-hybridized carbons (Fsp3) is 0. The molecule has 2 radical (unpaired) electrons. The summed E-state index contributed by atoms with van der Waals surface area (Å²) < 4.78 is 0. The van der Waals surface area contributed by atoms with Crippen LogP contribution in [0.5, 0.6) is 0 Å². The quantitative estimate of drug-likeness (QED) is 0.570. The van der Waals surface area contributed by atoms with Gasteiger partial charge in [0.1, 0.15) is 0 Å². The number of rotatable bonds is 0. The Bertz CT molecular complexity index is 439. The van der Waals surface area contributed by atoms with Crippen LogP contribution in [0.25, 0.3) is 11.0 Å². The second-order valence-corrected chi connectivity index (χ2v) is 2.38. The van der Waals surface area contributed by atoms with Crippen molar-refractivity contribution in [1.82, 2.24) is 9.97 Å². The molecular formula is C8H6N2O. The molecule has 0 spiro atoms. The van der Waals surface area contributed by atoms with E-state index >= 15 is 0 Å². The summed E-state index contributed by atoms with van der Waals surface area (Å²) in [6, 6.07) is 5.22. The van der Waals surface area contributed by atoms with E-state index in [4.69, 9.17) is 6.92 Å². The summed E-state index contributed by atoms with van der Waals surface area (Å²) in [7, 11) is 0. The standard InChI is InChI=1S/C8H6N2O/c1-5-2-3-6-7(4-5)10-8(11)9-6/h1-4H,(H2,9,10,11). The summed E-state index contributed by atoms with van der Waals surface area (Å²) >= 11 is 0. The van der Waals surface area contributed by atoms with Crippen LogP contribution >= 0.6 is 0 Å². The molecule has 0 fully saturated rings. The Labute approximate surface area is 63.1 Å². The molecule has 2 rings (SSSR count). The average Bonchev–Trinajstić information content (AvgIpc) is 2.27. The lowest BCUT2D eigenvalue weighted by molar-refractivity contribution is 1.21. The minimum atomic E-state index is -0.203. The summed E-state index contributed by atoms with van der Waals surface area (Å²) in [5, 5.41) is 0. The minimum Gasteiger partial charge on any atom is -0.306 e. The third kappa shape index (κ3) is 0.941. The van der Waals surface area contributed by atoms with E-state index in [0.29, 0.717) is 5.56 Å². The van der Waals surface area contributed by atoms with E-state index in [1.54, 1.807) is 18.2 Å². The van der Waals surface area contributed by atoms with E-state index in [9.17, 15) is 4.79 Å². The molecule has 3 heteroatoms. The topological polar surface area (TPSA) is 48.6 Å². The summed E-state index contributed by atoms with van der Waals surface area (Å²) in [5.74, 6) is 0. The van der Waals surface area contributed by atoms with Gasteiger partial charge in [-0.15, -0.1) is 0 Å². The van der Waals surface area contributed by atoms with Crippen molar-refractivity contribution in [3.63, 3.8) is 0 Å². The van der Waals surface area contributed by atoms with Crippen molar-refractivity contribution in [2.45, 2.75) is 0 Å². The van der Waals surface area contributed by atoms with Crippen molar-refractivity contribution in [2.24, 2.45) is 0 Å². The molecule has 0 bridgehead atoms. The molecule has 1 aromatic heterocycles. The van der Waals surface area contributed by atoms with Crippen LogP contribution < -0.4 is 5.69 Å². The van der Waals surface area contributed by atoms with E-state index < -0.39 is 0 Å². The van der Waals surface area contributed by atoms with Crippen LogP contribution in [0.15, 0.2) is 23.0 Å². The van der Waals surface area contributed by atoms with E-state index in [-0.39, 0.29) is 5.69 Å². The van der Waals surface area contributed by atoms with Gasteiger partial charge >= 0.3 is 5.69 Å². The molecule has 0 aliphatic rings. The Morgan fingerprint density at radius 2 is 1.91 bits per heavy atom. The van der Waals surface area contributed by atoms with Gasteiger partial charge in [0, 0.05) is 0 Å². The molecule has 11 heavy (non-hydrogen) atoms. The Kier molecular flexibility index (Phi) is 1.12. The van der Waals surface area contributed by atoms with Crippen LogP contribution in [0.4, 0.5) is 0 Å². The van der Waals surface area contributed by atoms with Gasteiger partial charge < -0.3 is 9.97 Å². The van der Waals surface area contributed by atoms with Gasteiger partial charge in [-0.2, -0.15) is 0 Å². The van der Waals surface area contributed by atoms with Gasteiger partial charge in [0.25, 0.3) is 0 Å². The van der Waals surface area contributed by atoms with E-state index in [1.807, 2.05) is 0 Å². The van der Waals surface area contributed by atoms with Gasteiger partial charge in [0.2, 0.25) is 0 Å². The first-order chi connectivity index (χ1) is 5.25. The van der Waals surface area contributed by atoms with Gasteiger partial charge in [0.15, 0.2) is 0 Å².